The second kappa shape index (κ2) is 5.87. The average molecular weight is 286 g/mol. The van der Waals surface area contributed by atoms with E-state index >= 15 is 0 Å². The van der Waals surface area contributed by atoms with Crippen LogP contribution in [0.5, 0.6) is 0 Å². The smallest absolute Gasteiger partial charge is 0.0468 e. The summed E-state index contributed by atoms with van der Waals surface area (Å²) in [5, 5.41) is 3.37. The second-order valence-electron chi connectivity index (χ2n) is 3.86. The van der Waals surface area contributed by atoms with E-state index in [1.807, 2.05) is 24.3 Å². The summed E-state index contributed by atoms with van der Waals surface area (Å²) in [6.07, 6.45) is 1.81. The first-order chi connectivity index (χ1) is 8.18. The molecule has 0 saturated carbocycles. The van der Waals surface area contributed by atoms with Crippen LogP contribution in [0.15, 0.2) is 35.7 Å². The van der Waals surface area contributed by atoms with Gasteiger partial charge >= 0.3 is 0 Å². The molecule has 1 atom stereocenters. The van der Waals surface area contributed by atoms with Crippen molar-refractivity contribution in [3.05, 3.63) is 56.2 Å². The Morgan fingerprint density at radius 1 is 1.12 bits per heavy atom. The number of nitrogens with two attached hydrogens (primary N) is 1. The molecule has 0 aliphatic heterocycles. The molecule has 0 spiro atoms. The zero-order valence-electron chi connectivity index (χ0n) is 9.20. The molecule has 17 heavy (non-hydrogen) atoms. The molecule has 1 aromatic carbocycles. The van der Waals surface area contributed by atoms with Crippen LogP contribution < -0.4 is 5.73 Å². The predicted octanol–water partition coefficient (Wildman–Crippen LogP) is 4.69. The minimum Gasteiger partial charge on any atom is -0.324 e. The van der Waals surface area contributed by atoms with Crippen LogP contribution in [-0.4, -0.2) is 0 Å². The quantitative estimate of drug-likeness (QED) is 0.867. The lowest BCUT2D eigenvalue weighted by atomic mass is 10.0. The summed E-state index contributed by atoms with van der Waals surface area (Å²) in [6.45, 7) is 0. The molecule has 1 heterocycles. The van der Waals surface area contributed by atoms with Crippen LogP contribution >= 0.6 is 34.5 Å². The van der Waals surface area contributed by atoms with E-state index < -0.39 is 0 Å². The molecule has 0 radical (unpaired) electrons. The SMILES string of the molecule is NC(CCc1cccs1)c1c(Cl)cccc1Cl. The third kappa shape index (κ3) is 3.23. The van der Waals surface area contributed by atoms with Crippen LogP contribution in [0.3, 0.4) is 0 Å². The molecule has 2 N–H and O–H groups in total. The molecular weight excluding hydrogens is 273 g/mol. The summed E-state index contributed by atoms with van der Waals surface area (Å²) >= 11 is 14.0. The highest BCUT2D eigenvalue weighted by Crippen LogP contribution is 2.31. The third-order valence-electron chi connectivity index (χ3n) is 2.65. The topological polar surface area (TPSA) is 26.0 Å². The lowest BCUT2D eigenvalue weighted by Gasteiger charge is -2.14. The van der Waals surface area contributed by atoms with E-state index in [1.54, 1.807) is 11.3 Å². The van der Waals surface area contributed by atoms with Gasteiger partial charge in [-0.25, -0.2) is 0 Å². The Bertz CT molecular complexity index is 462. The Morgan fingerprint density at radius 3 is 2.41 bits per heavy atom. The van der Waals surface area contributed by atoms with Gasteiger partial charge < -0.3 is 5.73 Å². The third-order valence-corrected chi connectivity index (χ3v) is 4.25. The molecule has 1 nitrogen and oxygen atoms in total. The molecule has 0 aliphatic carbocycles. The maximum absolute atomic E-state index is 6.15. The molecule has 1 aromatic heterocycles. The summed E-state index contributed by atoms with van der Waals surface area (Å²) in [7, 11) is 0. The zero-order chi connectivity index (χ0) is 12.3. The first-order valence-corrected chi connectivity index (χ1v) is 7.04. The first-order valence-electron chi connectivity index (χ1n) is 5.40. The maximum atomic E-state index is 6.15. The molecule has 4 heteroatoms. The van der Waals surface area contributed by atoms with Crippen molar-refractivity contribution in [2.24, 2.45) is 5.73 Å². The van der Waals surface area contributed by atoms with Crippen molar-refractivity contribution in [3.8, 4) is 0 Å². The number of halogens is 2. The number of hydrogen-bond donors (Lipinski definition) is 1. The van der Waals surface area contributed by atoms with Gasteiger partial charge in [-0.05, 0) is 36.4 Å². The van der Waals surface area contributed by atoms with Crippen LogP contribution in [0, 0.1) is 0 Å². The Hall–Kier alpha value is -0.540. The van der Waals surface area contributed by atoms with E-state index in [0.717, 1.165) is 18.4 Å². The van der Waals surface area contributed by atoms with E-state index in [0.29, 0.717) is 10.0 Å². The Labute approximate surface area is 115 Å². The lowest BCUT2D eigenvalue weighted by molar-refractivity contribution is 0.656. The van der Waals surface area contributed by atoms with Crippen molar-refractivity contribution >= 4 is 34.5 Å². The van der Waals surface area contributed by atoms with E-state index in [1.165, 1.54) is 4.88 Å². The van der Waals surface area contributed by atoms with E-state index in [2.05, 4.69) is 11.4 Å². The standard InChI is InChI=1S/C13H13Cl2NS/c14-10-4-1-5-11(15)13(10)12(16)7-6-9-3-2-8-17-9/h1-5,8,12H,6-7,16H2. The van der Waals surface area contributed by atoms with Crippen LogP contribution in [0.25, 0.3) is 0 Å². The highest BCUT2D eigenvalue weighted by molar-refractivity contribution is 7.09. The van der Waals surface area contributed by atoms with Crippen molar-refractivity contribution < 1.29 is 0 Å². The van der Waals surface area contributed by atoms with Crippen molar-refractivity contribution in [2.45, 2.75) is 18.9 Å². The van der Waals surface area contributed by atoms with Crippen LogP contribution in [0.1, 0.15) is 22.9 Å². The van der Waals surface area contributed by atoms with Gasteiger partial charge in [-0.1, -0.05) is 35.3 Å². The van der Waals surface area contributed by atoms with Gasteiger partial charge in [0, 0.05) is 26.5 Å². The largest absolute Gasteiger partial charge is 0.324 e. The Morgan fingerprint density at radius 2 is 1.82 bits per heavy atom. The average Bonchev–Trinajstić information content (AvgIpc) is 2.79. The molecule has 0 amide bonds. The van der Waals surface area contributed by atoms with E-state index in [-0.39, 0.29) is 6.04 Å². The minimum atomic E-state index is -0.113. The summed E-state index contributed by atoms with van der Waals surface area (Å²) in [4.78, 5) is 1.34. The van der Waals surface area contributed by atoms with Crippen LogP contribution in [-0.2, 0) is 6.42 Å². The van der Waals surface area contributed by atoms with Crippen LogP contribution in [0.4, 0.5) is 0 Å². The monoisotopic (exact) mass is 285 g/mol. The predicted molar refractivity (Wildman–Crippen MR) is 76.0 cm³/mol. The van der Waals surface area contributed by atoms with Crippen LogP contribution in [0.2, 0.25) is 10.0 Å². The Balaban J connectivity index is 2.07. The van der Waals surface area contributed by atoms with Crippen molar-refractivity contribution in [1.29, 1.82) is 0 Å². The van der Waals surface area contributed by atoms with Crippen molar-refractivity contribution in [1.82, 2.24) is 0 Å². The molecule has 0 fully saturated rings. The van der Waals surface area contributed by atoms with Gasteiger partial charge in [0.05, 0.1) is 0 Å². The van der Waals surface area contributed by atoms with Gasteiger partial charge in [0.2, 0.25) is 0 Å². The minimum absolute atomic E-state index is 0.113. The number of aryl methyl sites for hydroxylation is 1. The molecule has 0 saturated heterocycles. The van der Waals surface area contributed by atoms with Gasteiger partial charge in [-0.15, -0.1) is 11.3 Å². The Kier molecular flexibility index (Phi) is 4.46. The van der Waals surface area contributed by atoms with Gasteiger partial charge in [0.25, 0.3) is 0 Å². The van der Waals surface area contributed by atoms with Gasteiger partial charge in [0.1, 0.15) is 0 Å². The molecule has 1 unspecified atom stereocenters. The first kappa shape index (κ1) is 12.9. The van der Waals surface area contributed by atoms with Gasteiger partial charge in [-0.2, -0.15) is 0 Å². The summed E-state index contributed by atoms with van der Waals surface area (Å²) < 4.78 is 0. The zero-order valence-corrected chi connectivity index (χ0v) is 11.5. The van der Waals surface area contributed by atoms with Crippen molar-refractivity contribution in [3.63, 3.8) is 0 Å². The number of rotatable bonds is 4. The normalized spacial score (nSPS) is 12.6. The fourth-order valence-electron chi connectivity index (χ4n) is 1.76. The molecule has 0 bridgehead atoms. The molecule has 2 rings (SSSR count). The van der Waals surface area contributed by atoms with E-state index in [4.69, 9.17) is 28.9 Å². The van der Waals surface area contributed by atoms with Gasteiger partial charge in [-0.3, -0.25) is 0 Å². The summed E-state index contributed by atoms with van der Waals surface area (Å²) in [5.41, 5.74) is 7.00. The number of hydrogen-bond acceptors (Lipinski definition) is 2. The molecule has 2 aromatic rings. The molecule has 0 aliphatic rings. The lowest BCUT2D eigenvalue weighted by Crippen LogP contribution is -2.12. The summed E-state index contributed by atoms with van der Waals surface area (Å²) in [5.74, 6) is 0. The van der Waals surface area contributed by atoms with E-state index in [9.17, 15) is 0 Å². The molecule has 90 valence electrons. The fourth-order valence-corrected chi connectivity index (χ4v) is 3.16. The van der Waals surface area contributed by atoms with Gasteiger partial charge in [0.15, 0.2) is 0 Å². The number of benzene rings is 1. The fraction of sp³-hybridized carbons (Fsp3) is 0.231. The molecular formula is C13H13Cl2NS. The highest BCUT2D eigenvalue weighted by Gasteiger charge is 2.14. The summed E-state index contributed by atoms with van der Waals surface area (Å²) in [6, 6.07) is 9.54. The number of thiophene rings is 1. The highest BCUT2D eigenvalue weighted by atomic mass is 35.5. The maximum Gasteiger partial charge on any atom is 0.0468 e. The second-order valence-corrected chi connectivity index (χ2v) is 5.71. The van der Waals surface area contributed by atoms with Crippen molar-refractivity contribution in [2.75, 3.05) is 0 Å².